The third kappa shape index (κ3) is 2.78. The molecule has 0 fully saturated rings. The summed E-state index contributed by atoms with van der Waals surface area (Å²) in [7, 11) is 0. The quantitative estimate of drug-likeness (QED) is 0.646. The molecular formula is C13H11ClN2O2. The first kappa shape index (κ1) is 12.4. The molecule has 18 heavy (non-hydrogen) atoms. The van der Waals surface area contributed by atoms with Crippen molar-refractivity contribution in [3.05, 3.63) is 52.8 Å². The molecule has 92 valence electrons. The van der Waals surface area contributed by atoms with E-state index in [1.54, 1.807) is 18.2 Å². The van der Waals surface area contributed by atoms with Crippen molar-refractivity contribution in [1.29, 1.82) is 0 Å². The summed E-state index contributed by atoms with van der Waals surface area (Å²) in [5.41, 5.74) is 1.69. The van der Waals surface area contributed by atoms with Crippen LogP contribution >= 0.6 is 11.6 Å². The van der Waals surface area contributed by atoms with E-state index in [2.05, 4.69) is 10.3 Å². The van der Waals surface area contributed by atoms with Crippen LogP contribution in [0.3, 0.4) is 0 Å². The van der Waals surface area contributed by atoms with Gasteiger partial charge in [-0.25, -0.2) is 4.98 Å². The van der Waals surface area contributed by atoms with Crippen molar-refractivity contribution in [3.63, 3.8) is 0 Å². The Bertz CT molecular complexity index is 582. The predicted octanol–water partition coefficient (Wildman–Crippen LogP) is 3.00. The number of halogens is 1. The smallest absolute Gasteiger partial charge is 0.257 e. The molecule has 0 aliphatic heterocycles. The molecule has 1 aromatic heterocycles. The molecule has 0 saturated heterocycles. The van der Waals surface area contributed by atoms with Gasteiger partial charge in [-0.15, -0.1) is 0 Å². The molecular weight excluding hydrogens is 252 g/mol. The van der Waals surface area contributed by atoms with E-state index in [1.165, 1.54) is 18.3 Å². The van der Waals surface area contributed by atoms with Gasteiger partial charge in [0.25, 0.3) is 5.91 Å². The van der Waals surface area contributed by atoms with Gasteiger partial charge in [-0.3, -0.25) is 4.79 Å². The van der Waals surface area contributed by atoms with E-state index in [9.17, 15) is 9.90 Å². The lowest BCUT2D eigenvalue weighted by Gasteiger charge is -2.08. The highest BCUT2D eigenvalue weighted by molar-refractivity contribution is 6.29. The van der Waals surface area contributed by atoms with Crippen molar-refractivity contribution in [2.45, 2.75) is 6.92 Å². The van der Waals surface area contributed by atoms with Crippen LogP contribution in [0.4, 0.5) is 5.69 Å². The van der Waals surface area contributed by atoms with E-state index in [1.807, 2.05) is 6.92 Å². The molecule has 2 N–H and O–H groups in total. The third-order valence-electron chi connectivity index (χ3n) is 2.39. The standard InChI is InChI=1S/C13H11ClN2O2/c1-8-2-4-11(17)10(6-8)16-13(18)9-3-5-12(14)15-7-9/h2-7,17H,1H3,(H,16,18). The second kappa shape index (κ2) is 5.06. The lowest BCUT2D eigenvalue weighted by Crippen LogP contribution is -2.12. The maximum Gasteiger partial charge on any atom is 0.257 e. The predicted molar refractivity (Wildman–Crippen MR) is 70.0 cm³/mol. The highest BCUT2D eigenvalue weighted by atomic mass is 35.5. The van der Waals surface area contributed by atoms with Crippen LogP contribution in [0.2, 0.25) is 5.15 Å². The van der Waals surface area contributed by atoms with Crippen LogP contribution in [0, 0.1) is 6.92 Å². The Morgan fingerprint density at radius 3 is 2.78 bits per heavy atom. The zero-order valence-electron chi connectivity index (χ0n) is 9.64. The number of phenolic OH excluding ortho intramolecular Hbond substituents is 1. The van der Waals surface area contributed by atoms with E-state index in [0.29, 0.717) is 16.4 Å². The summed E-state index contributed by atoms with van der Waals surface area (Å²) >= 11 is 5.64. The molecule has 0 bridgehead atoms. The van der Waals surface area contributed by atoms with Gasteiger partial charge in [0.15, 0.2) is 0 Å². The lowest BCUT2D eigenvalue weighted by molar-refractivity contribution is 0.102. The first-order chi connectivity index (χ1) is 8.56. The summed E-state index contributed by atoms with van der Waals surface area (Å²) in [5, 5.41) is 12.6. The fraction of sp³-hybridized carbons (Fsp3) is 0.0769. The molecule has 0 spiro atoms. The number of pyridine rings is 1. The van der Waals surface area contributed by atoms with Crippen LogP contribution in [-0.4, -0.2) is 16.0 Å². The Balaban J connectivity index is 2.21. The Hall–Kier alpha value is -2.07. The van der Waals surface area contributed by atoms with Gasteiger partial charge in [-0.05, 0) is 36.8 Å². The maximum atomic E-state index is 11.9. The van der Waals surface area contributed by atoms with Gasteiger partial charge >= 0.3 is 0 Å². The molecule has 0 unspecified atom stereocenters. The number of hydrogen-bond acceptors (Lipinski definition) is 3. The number of carbonyl (C=O) groups excluding carboxylic acids is 1. The number of aryl methyl sites for hydroxylation is 1. The zero-order chi connectivity index (χ0) is 13.1. The van der Waals surface area contributed by atoms with Gasteiger partial charge < -0.3 is 10.4 Å². The Morgan fingerprint density at radius 1 is 1.33 bits per heavy atom. The largest absolute Gasteiger partial charge is 0.506 e. The zero-order valence-corrected chi connectivity index (χ0v) is 10.4. The van der Waals surface area contributed by atoms with E-state index < -0.39 is 0 Å². The summed E-state index contributed by atoms with van der Waals surface area (Å²) in [5.74, 6) is -0.323. The van der Waals surface area contributed by atoms with Gasteiger partial charge in [-0.2, -0.15) is 0 Å². The van der Waals surface area contributed by atoms with Crippen molar-refractivity contribution >= 4 is 23.2 Å². The van der Waals surface area contributed by atoms with Gasteiger partial charge in [0.1, 0.15) is 10.9 Å². The number of phenols is 1. The molecule has 0 aliphatic rings. The average Bonchev–Trinajstić information content (AvgIpc) is 2.34. The van der Waals surface area contributed by atoms with E-state index in [4.69, 9.17) is 11.6 Å². The topological polar surface area (TPSA) is 62.2 Å². The molecule has 2 aromatic rings. The molecule has 5 heteroatoms. The van der Waals surface area contributed by atoms with Gasteiger partial charge in [0, 0.05) is 6.20 Å². The monoisotopic (exact) mass is 262 g/mol. The van der Waals surface area contributed by atoms with Crippen LogP contribution in [0.25, 0.3) is 0 Å². The van der Waals surface area contributed by atoms with Crippen molar-refractivity contribution in [1.82, 2.24) is 4.98 Å². The minimum Gasteiger partial charge on any atom is -0.506 e. The molecule has 0 atom stereocenters. The minimum absolute atomic E-state index is 0.0240. The number of nitrogens with one attached hydrogen (secondary N) is 1. The summed E-state index contributed by atoms with van der Waals surface area (Å²) in [6.45, 7) is 1.87. The second-order valence-electron chi connectivity index (χ2n) is 3.84. The number of anilines is 1. The number of hydrogen-bond donors (Lipinski definition) is 2. The van der Waals surface area contributed by atoms with E-state index in [-0.39, 0.29) is 11.7 Å². The molecule has 0 aliphatic carbocycles. The highest BCUT2D eigenvalue weighted by Crippen LogP contribution is 2.24. The Labute approximate surface area is 109 Å². The normalized spacial score (nSPS) is 10.1. The fourth-order valence-electron chi connectivity index (χ4n) is 1.45. The van der Waals surface area contributed by atoms with Crippen LogP contribution in [0.5, 0.6) is 5.75 Å². The minimum atomic E-state index is -0.347. The van der Waals surface area contributed by atoms with Crippen LogP contribution in [0.1, 0.15) is 15.9 Å². The molecule has 1 aromatic carbocycles. The van der Waals surface area contributed by atoms with Crippen molar-refractivity contribution < 1.29 is 9.90 Å². The molecule has 2 rings (SSSR count). The average molecular weight is 263 g/mol. The number of carbonyl (C=O) groups is 1. The third-order valence-corrected chi connectivity index (χ3v) is 2.61. The first-order valence-corrected chi connectivity index (χ1v) is 5.66. The number of aromatic nitrogens is 1. The second-order valence-corrected chi connectivity index (χ2v) is 4.23. The Kier molecular flexibility index (Phi) is 3.48. The fourth-order valence-corrected chi connectivity index (χ4v) is 1.57. The number of rotatable bonds is 2. The van der Waals surface area contributed by atoms with Gasteiger partial charge in [-0.1, -0.05) is 17.7 Å². The molecule has 1 heterocycles. The van der Waals surface area contributed by atoms with Crippen molar-refractivity contribution in [3.8, 4) is 5.75 Å². The molecule has 4 nitrogen and oxygen atoms in total. The summed E-state index contributed by atoms with van der Waals surface area (Å²) in [6, 6.07) is 8.08. The van der Waals surface area contributed by atoms with Crippen molar-refractivity contribution in [2.24, 2.45) is 0 Å². The van der Waals surface area contributed by atoms with Gasteiger partial charge in [0.05, 0.1) is 11.3 Å². The lowest BCUT2D eigenvalue weighted by atomic mass is 10.2. The molecule has 0 radical (unpaired) electrons. The van der Waals surface area contributed by atoms with E-state index >= 15 is 0 Å². The molecule has 0 saturated carbocycles. The van der Waals surface area contributed by atoms with Crippen LogP contribution in [-0.2, 0) is 0 Å². The maximum absolute atomic E-state index is 11.9. The van der Waals surface area contributed by atoms with Crippen LogP contribution in [0.15, 0.2) is 36.5 Å². The first-order valence-electron chi connectivity index (χ1n) is 5.29. The summed E-state index contributed by atoms with van der Waals surface area (Å²) in [4.78, 5) is 15.7. The van der Waals surface area contributed by atoms with Crippen LogP contribution < -0.4 is 5.32 Å². The van der Waals surface area contributed by atoms with E-state index in [0.717, 1.165) is 5.56 Å². The summed E-state index contributed by atoms with van der Waals surface area (Å²) < 4.78 is 0. The summed E-state index contributed by atoms with van der Waals surface area (Å²) in [6.07, 6.45) is 1.38. The molecule has 1 amide bonds. The number of amides is 1. The van der Waals surface area contributed by atoms with Gasteiger partial charge in [0.2, 0.25) is 0 Å². The SMILES string of the molecule is Cc1ccc(O)c(NC(=O)c2ccc(Cl)nc2)c1. The highest BCUT2D eigenvalue weighted by Gasteiger charge is 2.09. The van der Waals surface area contributed by atoms with Crippen molar-refractivity contribution in [2.75, 3.05) is 5.32 Å². The number of benzene rings is 1. The number of aromatic hydroxyl groups is 1. The Morgan fingerprint density at radius 2 is 2.11 bits per heavy atom. The number of nitrogens with zero attached hydrogens (tertiary/aromatic N) is 1.